The van der Waals surface area contributed by atoms with E-state index in [1.807, 2.05) is 32.2 Å². The van der Waals surface area contributed by atoms with Crippen LogP contribution < -0.4 is 5.43 Å². The van der Waals surface area contributed by atoms with Crippen LogP contribution in [0.2, 0.25) is 0 Å². The molecule has 0 bridgehead atoms. The Kier molecular flexibility index (Phi) is 3.88. The van der Waals surface area contributed by atoms with Gasteiger partial charge in [-0.3, -0.25) is 9.20 Å². The summed E-state index contributed by atoms with van der Waals surface area (Å²) in [5.74, 6) is -0.337. The summed E-state index contributed by atoms with van der Waals surface area (Å²) < 4.78 is 3.50. The maximum Gasteiger partial charge on any atom is 0.290 e. The highest BCUT2D eigenvalue weighted by Crippen LogP contribution is 2.12. The molecule has 3 rings (SSSR count). The number of amides is 1. The highest BCUT2D eigenvalue weighted by Gasteiger charge is 2.15. The summed E-state index contributed by atoms with van der Waals surface area (Å²) in [6.45, 7) is 3.67. The highest BCUT2D eigenvalue weighted by molar-refractivity contribution is 5.95. The van der Waals surface area contributed by atoms with E-state index in [2.05, 4.69) is 21.6 Å². The second-order valence-corrected chi connectivity index (χ2v) is 5.41. The van der Waals surface area contributed by atoms with Crippen molar-refractivity contribution in [2.75, 3.05) is 0 Å². The summed E-state index contributed by atoms with van der Waals surface area (Å²) in [5, 5.41) is 13.0. The van der Waals surface area contributed by atoms with Gasteiger partial charge in [0.15, 0.2) is 0 Å². The number of rotatable bonds is 3. The van der Waals surface area contributed by atoms with Crippen LogP contribution in [0.15, 0.2) is 35.6 Å². The standard InChI is InChI=1S/C17H16N6O/c1-11-16(23-7-5-4-6-15(23)20-11)17(24)21-19-10-13-8-14(9-18)22(3)12(13)2/h4-8,10H,1-3H3,(H,21,24)/b19-10-. The highest BCUT2D eigenvalue weighted by atomic mass is 16.2. The molecule has 0 aromatic carbocycles. The second-order valence-electron chi connectivity index (χ2n) is 5.41. The topological polar surface area (TPSA) is 87.5 Å². The van der Waals surface area contributed by atoms with Gasteiger partial charge >= 0.3 is 0 Å². The molecule has 0 saturated heterocycles. The molecule has 0 aliphatic rings. The molecule has 7 heteroatoms. The minimum atomic E-state index is -0.337. The number of hydrogen-bond acceptors (Lipinski definition) is 4. The number of nitriles is 1. The van der Waals surface area contributed by atoms with Crippen molar-refractivity contribution < 1.29 is 4.79 Å². The van der Waals surface area contributed by atoms with E-state index < -0.39 is 0 Å². The molecule has 0 radical (unpaired) electrons. The molecule has 1 N–H and O–H groups in total. The Morgan fingerprint density at radius 2 is 2.21 bits per heavy atom. The molecule has 7 nitrogen and oxygen atoms in total. The monoisotopic (exact) mass is 320 g/mol. The van der Waals surface area contributed by atoms with Crippen LogP contribution in [0.5, 0.6) is 0 Å². The number of aromatic nitrogens is 3. The third kappa shape index (κ3) is 2.54. The first-order chi connectivity index (χ1) is 11.5. The van der Waals surface area contributed by atoms with Crippen LogP contribution >= 0.6 is 0 Å². The van der Waals surface area contributed by atoms with Crippen LogP contribution in [0.4, 0.5) is 0 Å². The van der Waals surface area contributed by atoms with Gasteiger partial charge in [0.05, 0.1) is 11.9 Å². The second kappa shape index (κ2) is 6.01. The van der Waals surface area contributed by atoms with Crippen LogP contribution in [-0.4, -0.2) is 26.1 Å². The summed E-state index contributed by atoms with van der Waals surface area (Å²) in [6, 6.07) is 9.38. The summed E-state index contributed by atoms with van der Waals surface area (Å²) in [5.41, 5.74) is 6.53. The van der Waals surface area contributed by atoms with Crippen molar-refractivity contribution in [3.8, 4) is 6.07 Å². The zero-order chi connectivity index (χ0) is 17.3. The molecule has 0 unspecified atom stereocenters. The first kappa shape index (κ1) is 15.5. The van der Waals surface area contributed by atoms with Crippen molar-refractivity contribution in [1.29, 1.82) is 5.26 Å². The lowest BCUT2D eigenvalue weighted by molar-refractivity contribution is 0.0948. The van der Waals surface area contributed by atoms with Gasteiger partial charge in [-0.25, -0.2) is 10.4 Å². The average Bonchev–Trinajstić information content (AvgIpc) is 3.05. The summed E-state index contributed by atoms with van der Waals surface area (Å²) in [7, 11) is 1.81. The van der Waals surface area contributed by atoms with E-state index in [0.29, 0.717) is 22.7 Å². The number of aryl methyl sites for hydroxylation is 1. The summed E-state index contributed by atoms with van der Waals surface area (Å²) >= 11 is 0. The maximum atomic E-state index is 12.4. The Bertz CT molecular complexity index is 1000. The van der Waals surface area contributed by atoms with Crippen molar-refractivity contribution in [3.05, 3.63) is 58.8 Å². The predicted octanol–water partition coefficient (Wildman–Crippen LogP) is 1.93. The zero-order valence-corrected chi connectivity index (χ0v) is 13.6. The fourth-order valence-corrected chi connectivity index (χ4v) is 2.56. The molecule has 3 aromatic rings. The maximum absolute atomic E-state index is 12.4. The first-order valence-electron chi connectivity index (χ1n) is 7.36. The number of nitrogens with one attached hydrogen (secondary N) is 1. The normalized spacial score (nSPS) is 11.1. The Balaban J connectivity index is 1.83. The number of imidazole rings is 1. The molecule has 120 valence electrons. The van der Waals surface area contributed by atoms with Crippen LogP contribution in [0.25, 0.3) is 5.65 Å². The van der Waals surface area contributed by atoms with E-state index in [0.717, 1.165) is 11.3 Å². The molecule has 3 aromatic heterocycles. The van der Waals surface area contributed by atoms with Crippen molar-refractivity contribution in [3.63, 3.8) is 0 Å². The number of carbonyl (C=O) groups is 1. The van der Waals surface area contributed by atoms with Gasteiger partial charge in [0.25, 0.3) is 5.91 Å². The van der Waals surface area contributed by atoms with Crippen molar-refractivity contribution >= 4 is 17.8 Å². The van der Waals surface area contributed by atoms with Gasteiger partial charge < -0.3 is 4.57 Å². The molecule has 1 amide bonds. The Morgan fingerprint density at radius 1 is 1.42 bits per heavy atom. The number of fused-ring (bicyclic) bond motifs is 1. The molecular weight excluding hydrogens is 304 g/mol. The fourth-order valence-electron chi connectivity index (χ4n) is 2.56. The first-order valence-corrected chi connectivity index (χ1v) is 7.36. The number of hydrazone groups is 1. The molecule has 0 aliphatic heterocycles. The van der Waals surface area contributed by atoms with Gasteiger partial charge in [-0.2, -0.15) is 10.4 Å². The molecule has 24 heavy (non-hydrogen) atoms. The lowest BCUT2D eigenvalue weighted by atomic mass is 10.3. The lowest BCUT2D eigenvalue weighted by Crippen LogP contribution is -2.20. The van der Waals surface area contributed by atoms with Crippen LogP contribution in [0.3, 0.4) is 0 Å². The number of carbonyl (C=O) groups excluding carboxylic acids is 1. The molecule has 3 heterocycles. The lowest BCUT2D eigenvalue weighted by Gasteiger charge is -2.01. The van der Waals surface area contributed by atoms with Gasteiger partial charge in [-0.1, -0.05) is 6.07 Å². The molecule has 0 saturated carbocycles. The molecule has 0 aliphatic carbocycles. The molecule has 0 spiro atoms. The van der Waals surface area contributed by atoms with Crippen LogP contribution in [0, 0.1) is 25.2 Å². The zero-order valence-electron chi connectivity index (χ0n) is 13.6. The van der Waals surface area contributed by atoms with Gasteiger partial charge in [-0.15, -0.1) is 0 Å². The van der Waals surface area contributed by atoms with Gasteiger partial charge in [0.1, 0.15) is 23.1 Å². The molecule has 0 atom stereocenters. The number of hydrogen-bond donors (Lipinski definition) is 1. The summed E-state index contributed by atoms with van der Waals surface area (Å²) in [6.07, 6.45) is 3.32. The van der Waals surface area contributed by atoms with E-state index in [1.165, 1.54) is 6.21 Å². The molecular formula is C17H16N6O. The minimum absolute atomic E-state index is 0.337. The van der Waals surface area contributed by atoms with Crippen molar-refractivity contribution in [2.45, 2.75) is 13.8 Å². The smallest absolute Gasteiger partial charge is 0.290 e. The largest absolute Gasteiger partial charge is 0.339 e. The van der Waals surface area contributed by atoms with E-state index in [4.69, 9.17) is 5.26 Å². The summed E-state index contributed by atoms with van der Waals surface area (Å²) in [4.78, 5) is 16.8. The fraction of sp³-hybridized carbons (Fsp3) is 0.176. The van der Waals surface area contributed by atoms with Crippen LogP contribution in [0.1, 0.15) is 33.1 Å². The Labute approximate surface area is 138 Å². The van der Waals surface area contributed by atoms with Gasteiger partial charge in [0.2, 0.25) is 0 Å². The van der Waals surface area contributed by atoms with Crippen molar-refractivity contribution in [2.24, 2.45) is 12.1 Å². The van der Waals surface area contributed by atoms with E-state index in [-0.39, 0.29) is 5.91 Å². The van der Waals surface area contributed by atoms with E-state index in [9.17, 15) is 4.79 Å². The van der Waals surface area contributed by atoms with Crippen LogP contribution in [-0.2, 0) is 7.05 Å². The average molecular weight is 320 g/mol. The Morgan fingerprint density at radius 3 is 2.92 bits per heavy atom. The van der Waals surface area contributed by atoms with E-state index in [1.54, 1.807) is 28.2 Å². The third-order valence-corrected chi connectivity index (χ3v) is 3.98. The third-order valence-electron chi connectivity index (χ3n) is 3.98. The van der Waals surface area contributed by atoms with E-state index >= 15 is 0 Å². The predicted molar refractivity (Wildman–Crippen MR) is 89.9 cm³/mol. The molecule has 0 fully saturated rings. The Hall–Kier alpha value is -3.40. The quantitative estimate of drug-likeness (QED) is 0.591. The number of nitrogens with zero attached hydrogens (tertiary/aromatic N) is 5. The minimum Gasteiger partial charge on any atom is -0.339 e. The SMILES string of the molecule is Cc1nc2ccccn2c1C(=O)N/N=C\c1cc(C#N)n(C)c1C. The number of pyridine rings is 1. The van der Waals surface area contributed by atoms with Gasteiger partial charge in [-0.05, 0) is 32.0 Å². The van der Waals surface area contributed by atoms with Gasteiger partial charge in [0, 0.05) is 24.5 Å². The van der Waals surface area contributed by atoms with Crippen molar-refractivity contribution in [1.82, 2.24) is 19.4 Å².